The van der Waals surface area contributed by atoms with Gasteiger partial charge < -0.3 is 9.64 Å². The zero-order valence-electron chi connectivity index (χ0n) is 15.7. The van der Waals surface area contributed by atoms with E-state index in [0.29, 0.717) is 50.1 Å². The zero-order chi connectivity index (χ0) is 19.0. The first-order valence-electron chi connectivity index (χ1n) is 9.40. The van der Waals surface area contributed by atoms with Gasteiger partial charge in [-0.25, -0.2) is 9.67 Å². The van der Waals surface area contributed by atoms with E-state index in [1.807, 2.05) is 36.9 Å². The van der Waals surface area contributed by atoms with Crippen LogP contribution in [0.5, 0.6) is 5.75 Å². The van der Waals surface area contributed by atoms with Crippen LogP contribution in [-0.4, -0.2) is 50.0 Å². The van der Waals surface area contributed by atoms with Crippen LogP contribution in [0.25, 0.3) is 0 Å². The van der Waals surface area contributed by atoms with Crippen LogP contribution >= 0.6 is 0 Å². The number of ketones is 1. The van der Waals surface area contributed by atoms with E-state index in [2.05, 4.69) is 10.1 Å². The van der Waals surface area contributed by atoms with E-state index >= 15 is 0 Å². The molecule has 0 radical (unpaired) electrons. The Morgan fingerprint density at radius 3 is 2.81 bits per heavy atom. The summed E-state index contributed by atoms with van der Waals surface area (Å²) >= 11 is 0. The van der Waals surface area contributed by atoms with Crippen LogP contribution in [0.3, 0.4) is 0 Å². The lowest BCUT2D eigenvalue weighted by Gasteiger charge is -2.44. The Morgan fingerprint density at radius 2 is 2.11 bits per heavy atom. The number of carbonyl (C=O) groups is 2. The molecule has 0 N–H and O–H groups in total. The van der Waals surface area contributed by atoms with Crippen LogP contribution in [0.1, 0.15) is 54.6 Å². The number of amides is 1. The number of piperidine rings is 1. The molecule has 1 spiro atoms. The first-order chi connectivity index (χ1) is 13.0. The molecule has 1 fully saturated rings. The maximum absolute atomic E-state index is 12.6. The van der Waals surface area contributed by atoms with Crippen LogP contribution in [0, 0.1) is 6.92 Å². The van der Waals surface area contributed by atoms with Crippen molar-refractivity contribution in [2.75, 3.05) is 13.1 Å². The molecule has 1 saturated heterocycles. The lowest BCUT2D eigenvalue weighted by atomic mass is 9.82. The Morgan fingerprint density at radius 1 is 1.33 bits per heavy atom. The third-order valence-electron chi connectivity index (χ3n) is 5.63. The summed E-state index contributed by atoms with van der Waals surface area (Å²) in [5, 5.41) is 4.10. The van der Waals surface area contributed by atoms with Gasteiger partial charge in [0.2, 0.25) is 5.91 Å². The second-order valence-corrected chi connectivity index (χ2v) is 7.69. The summed E-state index contributed by atoms with van der Waals surface area (Å²) in [6.45, 7) is 5.15. The number of fused-ring (bicyclic) bond motifs is 1. The molecule has 2 aliphatic heterocycles. The number of likely N-dealkylation sites (tertiary alicyclic amines) is 1. The van der Waals surface area contributed by atoms with E-state index in [9.17, 15) is 9.59 Å². The molecule has 7 nitrogen and oxygen atoms in total. The predicted octanol–water partition coefficient (Wildman–Crippen LogP) is 2.56. The van der Waals surface area contributed by atoms with Gasteiger partial charge in [0.25, 0.3) is 0 Å². The van der Waals surface area contributed by atoms with Gasteiger partial charge in [-0.1, -0.05) is 11.6 Å². The van der Waals surface area contributed by atoms with E-state index in [1.54, 1.807) is 11.0 Å². The molecule has 2 aromatic rings. The van der Waals surface area contributed by atoms with Gasteiger partial charge in [-0.3, -0.25) is 9.59 Å². The molecule has 0 aliphatic carbocycles. The quantitative estimate of drug-likeness (QED) is 0.832. The van der Waals surface area contributed by atoms with Crippen molar-refractivity contribution in [3.63, 3.8) is 0 Å². The highest BCUT2D eigenvalue weighted by molar-refractivity contribution is 6.00. The van der Waals surface area contributed by atoms with E-state index in [4.69, 9.17) is 4.74 Å². The van der Waals surface area contributed by atoms with Crippen LogP contribution in [0.15, 0.2) is 30.9 Å². The number of ether oxygens (including phenoxy) is 1. The fourth-order valence-corrected chi connectivity index (χ4v) is 3.97. The topological polar surface area (TPSA) is 77.3 Å². The molecule has 1 unspecified atom stereocenters. The minimum absolute atomic E-state index is 0.0292. The number of benzene rings is 1. The lowest BCUT2D eigenvalue weighted by Crippen LogP contribution is -2.52. The van der Waals surface area contributed by atoms with Crippen molar-refractivity contribution >= 4 is 11.7 Å². The molecular formula is C20H24N4O3. The van der Waals surface area contributed by atoms with Crippen molar-refractivity contribution in [2.24, 2.45) is 0 Å². The van der Waals surface area contributed by atoms with Crippen molar-refractivity contribution in [3.8, 4) is 5.75 Å². The summed E-state index contributed by atoms with van der Waals surface area (Å²) < 4.78 is 7.97. The summed E-state index contributed by atoms with van der Waals surface area (Å²) in [6.07, 6.45) is 5.23. The standard InChI is InChI=1S/C20H24N4O3/c1-14-3-4-18-16(9-14)17(25)11-20(27-18)5-7-23(8-6-20)19(26)10-15(2)24-13-21-12-22-24/h3-4,9,12-13,15H,5-8,10-11H2,1-2H3. The molecule has 1 atom stereocenters. The van der Waals surface area contributed by atoms with Crippen molar-refractivity contribution in [1.29, 1.82) is 0 Å². The monoisotopic (exact) mass is 368 g/mol. The van der Waals surface area contributed by atoms with E-state index in [-0.39, 0.29) is 17.7 Å². The van der Waals surface area contributed by atoms with Crippen LogP contribution in [-0.2, 0) is 4.79 Å². The fourth-order valence-electron chi connectivity index (χ4n) is 3.97. The molecule has 142 valence electrons. The molecule has 7 heteroatoms. The predicted molar refractivity (Wildman–Crippen MR) is 98.6 cm³/mol. The molecule has 1 aromatic carbocycles. The second kappa shape index (κ2) is 6.79. The number of rotatable bonds is 3. The van der Waals surface area contributed by atoms with Crippen LogP contribution in [0.2, 0.25) is 0 Å². The maximum atomic E-state index is 12.6. The molecule has 2 aliphatic rings. The number of hydrogen-bond donors (Lipinski definition) is 0. The Kier molecular flexibility index (Phi) is 4.45. The summed E-state index contributed by atoms with van der Waals surface area (Å²) in [5.41, 5.74) is 1.26. The minimum atomic E-state index is -0.479. The van der Waals surface area contributed by atoms with Crippen LogP contribution < -0.4 is 4.74 Å². The van der Waals surface area contributed by atoms with Gasteiger partial charge in [-0.2, -0.15) is 5.10 Å². The Bertz CT molecular complexity index is 854. The van der Waals surface area contributed by atoms with E-state index in [0.717, 1.165) is 5.56 Å². The van der Waals surface area contributed by atoms with Gasteiger partial charge in [0.1, 0.15) is 24.0 Å². The fraction of sp³-hybridized carbons (Fsp3) is 0.500. The minimum Gasteiger partial charge on any atom is -0.486 e. The highest BCUT2D eigenvalue weighted by atomic mass is 16.5. The van der Waals surface area contributed by atoms with Gasteiger partial charge in [-0.05, 0) is 26.0 Å². The van der Waals surface area contributed by atoms with Gasteiger partial charge >= 0.3 is 0 Å². The average molecular weight is 368 g/mol. The number of Topliss-reactive ketones (excluding diaryl/α,β-unsaturated/α-hetero) is 1. The van der Waals surface area contributed by atoms with Crippen molar-refractivity contribution in [1.82, 2.24) is 19.7 Å². The normalized spacial score (nSPS) is 19.5. The third-order valence-corrected chi connectivity index (χ3v) is 5.63. The van der Waals surface area contributed by atoms with Crippen molar-refractivity contribution < 1.29 is 14.3 Å². The Labute approximate surface area is 158 Å². The lowest BCUT2D eigenvalue weighted by molar-refractivity contribution is -0.135. The summed E-state index contributed by atoms with van der Waals surface area (Å²) in [5.74, 6) is 0.918. The van der Waals surface area contributed by atoms with E-state index < -0.39 is 5.60 Å². The first-order valence-corrected chi connectivity index (χ1v) is 9.40. The SMILES string of the molecule is Cc1ccc2c(c1)C(=O)CC1(CCN(C(=O)CC(C)n3cncn3)CC1)O2. The smallest absolute Gasteiger partial charge is 0.224 e. The first kappa shape index (κ1) is 17.7. The highest BCUT2D eigenvalue weighted by Gasteiger charge is 2.43. The number of carbonyl (C=O) groups excluding carboxylic acids is 2. The molecule has 1 aromatic heterocycles. The van der Waals surface area contributed by atoms with Crippen LogP contribution in [0.4, 0.5) is 0 Å². The molecule has 4 rings (SSSR count). The summed E-state index contributed by atoms with van der Waals surface area (Å²) in [4.78, 5) is 31.1. The van der Waals surface area contributed by atoms with Gasteiger partial charge in [-0.15, -0.1) is 0 Å². The zero-order valence-corrected chi connectivity index (χ0v) is 15.7. The molecule has 0 bridgehead atoms. The number of aryl methyl sites for hydroxylation is 1. The second-order valence-electron chi connectivity index (χ2n) is 7.69. The largest absolute Gasteiger partial charge is 0.486 e. The van der Waals surface area contributed by atoms with Gasteiger partial charge in [0.15, 0.2) is 5.78 Å². The molecule has 3 heterocycles. The summed E-state index contributed by atoms with van der Waals surface area (Å²) in [6, 6.07) is 5.73. The van der Waals surface area contributed by atoms with Gasteiger partial charge in [0, 0.05) is 32.4 Å². The third kappa shape index (κ3) is 3.46. The van der Waals surface area contributed by atoms with Crippen molar-refractivity contribution in [3.05, 3.63) is 42.0 Å². The maximum Gasteiger partial charge on any atom is 0.224 e. The average Bonchev–Trinajstić information content (AvgIpc) is 3.18. The number of nitrogens with zero attached hydrogens (tertiary/aromatic N) is 4. The van der Waals surface area contributed by atoms with Crippen molar-refractivity contribution in [2.45, 2.75) is 51.2 Å². The Hall–Kier alpha value is -2.70. The molecule has 1 amide bonds. The number of hydrogen-bond acceptors (Lipinski definition) is 5. The Balaban J connectivity index is 1.39. The summed E-state index contributed by atoms with van der Waals surface area (Å²) in [7, 11) is 0. The van der Waals surface area contributed by atoms with Gasteiger partial charge in [0.05, 0.1) is 18.0 Å². The molecule has 0 saturated carbocycles. The molecular weight excluding hydrogens is 344 g/mol. The highest BCUT2D eigenvalue weighted by Crippen LogP contribution is 2.39. The number of aromatic nitrogens is 3. The van der Waals surface area contributed by atoms with E-state index in [1.165, 1.54) is 6.33 Å². The molecule has 27 heavy (non-hydrogen) atoms.